The molecular weight excluding hydrogens is 393 g/mol. The van der Waals surface area contributed by atoms with Gasteiger partial charge in [-0.25, -0.2) is 8.42 Å². The van der Waals surface area contributed by atoms with Crippen LogP contribution in [0.25, 0.3) is 0 Å². The molecule has 0 saturated carbocycles. The number of thioether (sulfide) groups is 1. The summed E-state index contributed by atoms with van der Waals surface area (Å²) in [5.41, 5.74) is 0. The van der Waals surface area contributed by atoms with Crippen LogP contribution < -0.4 is 0 Å². The molecule has 0 amide bonds. The Balaban J connectivity index is 1.82. The zero-order chi connectivity index (χ0) is 16.4. The molecule has 2 aromatic rings. The highest BCUT2D eigenvalue weighted by Crippen LogP contribution is 2.38. The van der Waals surface area contributed by atoms with E-state index in [9.17, 15) is 8.42 Å². The normalized spacial score (nSPS) is 20.3. The van der Waals surface area contributed by atoms with Gasteiger partial charge >= 0.3 is 0 Å². The molecule has 1 fully saturated rings. The van der Waals surface area contributed by atoms with E-state index in [1.807, 2.05) is 17.8 Å². The molecule has 1 atom stereocenters. The topological polar surface area (TPSA) is 37.4 Å². The van der Waals surface area contributed by atoms with Gasteiger partial charge in [0.15, 0.2) is 0 Å². The SMILES string of the molecule is O=S(=O)(c1cc(Cl)ccc1Cl)N1CCS[C@H](c2cccs2)CC1. The van der Waals surface area contributed by atoms with Crippen LogP contribution in [0.1, 0.15) is 16.5 Å². The minimum atomic E-state index is -3.62. The van der Waals surface area contributed by atoms with Crippen molar-refractivity contribution in [3.63, 3.8) is 0 Å². The largest absolute Gasteiger partial charge is 0.244 e. The van der Waals surface area contributed by atoms with E-state index < -0.39 is 10.0 Å². The van der Waals surface area contributed by atoms with Gasteiger partial charge in [-0.15, -0.1) is 11.3 Å². The Morgan fingerprint density at radius 2 is 2.00 bits per heavy atom. The summed E-state index contributed by atoms with van der Waals surface area (Å²) in [6.45, 7) is 0.971. The zero-order valence-electron chi connectivity index (χ0n) is 12.1. The van der Waals surface area contributed by atoms with E-state index >= 15 is 0 Å². The van der Waals surface area contributed by atoms with Crippen LogP contribution in [0.4, 0.5) is 0 Å². The molecule has 0 spiro atoms. The number of hydrogen-bond acceptors (Lipinski definition) is 4. The number of nitrogens with zero attached hydrogens (tertiary/aromatic N) is 1. The molecule has 0 radical (unpaired) electrons. The predicted molar refractivity (Wildman–Crippen MR) is 99.4 cm³/mol. The monoisotopic (exact) mass is 407 g/mol. The first-order valence-electron chi connectivity index (χ1n) is 7.08. The average Bonchev–Trinajstić information content (AvgIpc) is 2.93. The first-order chi connectivity index (χ1) is 11.0. The number of thiophene rings is 1. The van der Waals surface area contributed by atoms with Gasteiger partial charge in [-0.05, 0) is 36.1 Å². The van der Waals surface area contributed by atoms with Crippen molar-refractivity contribution in [3.8, 4) is 0 Å². The first kappa shape index (κ1) is 17.6. The molecule has 0 aliphatic carbocycles. The fourth-order valence-electron chi connectivity index (χ4n) is 2.51. The molecule has 0 N–H and O–H groups in total. The Labute approximate surface area is 154 Å². The summed E-state index contributed by atoms with van der Waals surface area (Å²) >= 11 is 15.6. The van der Waals surface area contributed by atoms with E-state index in [4.69, 9.17) is 23.2 Å². The summed E-state index contributed by atoms with van der Waals surface area (Å²) in [5, 5.41) is 2.99. The fourth-order valence-corrected chi connectivity index (χ4v) is 7.05. The zero-order valence-corrected chi connectivity index (χ0v) is 16.1. The number of sulfonamides is 1. The molecule has 2 heterocycles. The third-order valence-corrected chi connectivity index (χ3v) is 8.73. The van der Waals surface area contributed by atoms with E-state index in [0.717, 1.165) is 12.2 Å². The van der Waals surface area contributed by atoms with Gasteiger partial charge < -0.3 is 0 Å². The molecule has 1 aromatic heterocycles. The van der Waals surface area contributed by atoms with Crippen molar-refractivity contribution in [3.05, 3.63) is 50.6 Å². The Morgan fingerprint density at radius 3 is 2.74 bits per heavy atom. The van der Waals surface area contributed by atoms with Crippen molar-refractivity contribution < 1.29 is 8.42 Å². The quantitative estimate of drug-likeness (QED) is 0.723. The van der Waals surface area contributed by atoms with Crippen LogP contribution in [-0.4, -0.2) is 31.6 Å². The second kappa shape index (κ2) is 7.33. The molecule has 0 bridgehead atoms. The van der Waals surface area contributed by atoms with Crippen molar-refractivity contribution in [2.75, 3.05) is 18.8 Å². The summed E-state index contributed by atoms with van der Waals surface area (Å²) in [7, 11) is -3.62. The molecular formula is C15H15Cl2NO2S3. The lowest BCUT2D eigenvalue weighted by Gasteiger charge is -2.20. The average molecular weight is 408 g/mol. The highest BCUT2D eigenvalue weighted by Gasteiger charge is 2.30. The van der Waals surface area contributed by atoms with Gasteiger partial charge in [-0.3, -0.25) is 0 Å². The number of hydrogen-bond donors (Lipinski definition) is 0. The van der Waals surface area contributed by atoms with Crippen molar-refractivity contribution >= 4 is 56.3 Å². The molecule has 23 heavy (non-hydrogen) atoms. The van der Waals surface area contributed by atoms with E-state index in [-0.39, 0.29) is 9.92 Å². The van der Waals surface area contributed by atoms with Crippen LogP contribution in [0.5, 0.6) is 0 Å². The van der Waals surface area contributed by atoms with E-state index in [1.165, 1.54) is 21.3 Å². The van der Waals surface area contributed by atoms with Crippen molar-refractivity contribution in [1.29, 1.82) is 0 Å². The van der Waals surface area contributed by atoms with Gasteiger partial charge in [0.1, 0.15) is 4.90 Å². The Morgan fingerprint density at radius 1 is 1.17 bits per heavy atom. The first-order valence-corrected chi connectivity index (χ1v) is 11.2. The maximum atomic E-state index is 12.9. The van der Waals surface area contributed by atoms with Crippen LogP contribution in [0, 0.1) is 0 Å². The third-order valence-electron chi connectivity index (χ3n) is 3.67. The summed E-state index contributed by atoms with van der Waals surface area (Å²) in [5.74, 6) is 0.764. The summed E-state index contributed by atoms with van der Waals surface area (Å²) in [4.78, 5) is 1.39. The molecule has 8 heteroatoms. The molecule has 124 valence electrons. The second-order valence-electron chi connectivity index (χ2n) is 5.14. The Hall–Kier alpha value is -0.240. The van der Waals surface area contributed by atoms with E-state index in [2.05, 4.69) is 11.4 Å². The maximum absolute atomic E-state index is 12.9. The molecule has 3 rings (SSSR count). The summed E-state index contributed by atoms with van der Waals surface area (Å²) < 4.78 is 27.3. The Bertz CT molecular complexity index is 778. The minimum Gasteiger partial charge on any atom is -0.207 e. The standard InChI is InChI=1S/C15H15Cl2NO2S3/c16-11-3-4-12(17)15(10-11)23(19,20)18-6-5-14(22-9-7-18)13-2-1-8-21-13/h1-4,8,10,14H,5-7,9H2/t14-/m0/s1. The summed E-state index contributed by atoms with van der Waals surface area (Å²) in [6, 6.07) is 8.69. The highest BCUT2D eigenvalue weighted by atomic mass is 35.5. The van der Waals surface area contributed by atoms with Crippen molar-refractivity contribution in [1.82, 2.24) is 4.31 Å². The van der Waals surface area contributed by atoms with Gasteiger partial charge in [0.25, 0.3) is 0 Å². The third kappa shape index (κ3) is 3.89. The van der Waals surface area contributed by atoms with Gasteiger partial charge in [-0.2, -0.15) is 16.1 Å². The fraction of sp³-hybridized carbons (Fsp3) is 0.333. The lowest BCUT2D eigenvalue weighted by atomic mass is 10.2. The van der Waals surface area contributed by atoms with Crippen LogP contribution in [0.2, 0.25) is 10.0 Å². The molecule has 1 saturated heterocycles. The smallest absolute Gasteiger partial charge is 0.207 e. The van der Waals surface area contributed by atoms with Crippen LogP contribution >= 0.6 is 46.3 Å². The van der Waals surface area contributed by atoms with E-state index in [1.54, 1.807) is 17.4 Å². The summed E-state index contributed by atoms with van der Waals surface area (Å²) in [6.07, 6.45) is 0.794. The predicted octanol–water partition coefficient (Wildman–Crippen LogP) is 4.92. The van der Waals surface area contributed by atoms with Gasteiger partial charge in [0.2, 0.25) is 10.0 Å². The van der Waals surface area contributed by atoms with Crippen molar-refractivity contribution in [2.45, 2.75) is 16.6 Å². The van der Waals surface area contributed by atoms with Gasteiger partial charge in [0, 0.05) is 34.0 Å². The molecule has 0 unspecified atom stereocenters. The number of rotatable bonds is 3. The van der Waals surface area contributed by atoms with Crippen LogP contribution in [-0.2, 0) is 10.0 Å². The second-order valence-corrected chi connectivity index (χ2v) is 10.2. The number of halogens is 2. The van der Waals surface area contributed by atoms with E-state index in [0.29, 0.717) is 23.4 Å². The lowest BCUT2D eigenvalue weighted by molar-refractivity contribution is 0.428. The van der Waals surface area contributed by atoms with Gasteiger partial charge in [-0.1, -0.05) is 29.3 Å². The Kier molecular flexibility index (Phi) is 5.61. The lowest BCUT2D eigenvalue weighted by Crippen LogP contribution is -2.33. The maximum Gasteiger partial charge on any atom is 0.244 e. The molecule has 1 aliphatic heterocycles. The molecule has 3 nitrogen and oxygen atoms in total. The highest BCUT2D eigenvalue weighted by molar-refractivity contribution is 7.99. The number of benzene rings is 1. The molecule has 1 aromatic carbocycles. The molecule has 1 aliphatic rings. The minimum absolute atomic E-state index is 0.0891. The van der Waals surface area contributed by atoms with Crippen molar-refractivity contribution in [2.24, 2.45) is 0 Å². The van der Waals surface area contributed by atoms with Crippen LogP contribution in [0.3, 0.4) is 0 Å². The van der Waals surface area contributed by atoms with Crippen LogP contribution in [0.15, 0.2) is 40.6 Å². The van der Waals surface area contributed by atoms with Gasteiger partial charge in [0.05, 0.1) is 5.02 Å².